The lowest BCUT2D eigenvalue weighted by Crippen LogP contribution is -2.60. The van der Waals surface area contributed by atoms with E-state index in [2.05, 4.69) is 40.7 Å². The van der Waals surface area contributed by atoms with E-state index >= 15 is 0 Å². The number of aliphatic carboxylic acids is 1. The van der Waals surface area contributed by atoms with E-state index in [9.17, 15) is 25.2 Å². The largest absolute Gasteiger partial charge is 0.481 e. The zero-order chi connectivity index (χ0) is 26.2. The third kappa shape index (κ3) is 3.77. The van der Waals surface area contributed by atoms with Gasteiger partial charge in [-0.25, -0.2) is 0 Å². The monoisotopic (exact) mass is 490 g/mol. The minimum absolute atomic E-state index is 0.0457. The Bertz CT molecular complexity index is 870. The number of allylic oxidation sites excluding steroid dienone is 2. The number of aliphatic hydroxyl groups is 3. The Kier molecular flexibility index (Phi) is 6.64. The molecular weight excluding hydrogens is 440 g/mol. The molecule has 0 unspecified atom stereocenters. The van der Waals surface area contributed by atoms with Gasteiger partial charge in [-0.2, -0.15) is 0 Å². The van der Waals surface area contributed by atoms with Gasteiger partial charge in [0, 0.05) is 0 Å². The maximum absolute atomic E-state index is 13.3. The lowest BCUT2D eigenvalue weighted by Gasteiger charge is -2.63. The molecule has 5 heteroatoms. The van der Waals surface area contributed by atoms with Crippen LogP contribution in [0.25, 0.3) is 0 Å². The Morgan fingerprint density at radius 1 is 1.09 bits per heavy atom. The summed E-state index contributed by atoms with van der Waals surface area (Å²) < 4.78 is 0. The maximum atomic E-state index is 13.3. The van der Waals surface area contributed by atoms with Crippen molar-refractivity contribution in [3.05, 3.63) is 11.6 Å². The summed E-state index contributed by atoms with van der Waals surface area (Å²) in [6.07, 6.45) is 8.68. The van der Waals surface area contributed by atoms with Crippen LogP contribution in [-0.2, 0) is 4.79 Å². The van der Waals surface area contributed by atoms with Gasteiger partial charge in [0.2, 0.25) is 0 Å². The van der Waals surface area contributed by atoms with Crippen LogP contribution < -0.4 is 0 Å². The number of fused-ring (bicyclic) bond motifs is 5. The molecule has 4 aliphatic rings. The smallest absolute Gasteiger partial charge is 0.310 e. The van der Waals surface area contributed by atoms with Crippen LogP contribution >= 0.6 is 0 Å². The summed E-state index contributed by atoms with van der Waals surface area (Å²) >= 11 is 0. The van der Waals surface area contributed by atoms with Crippen molar-refractivity contribution in [1.82, 2.24) is 0 Å². The Labute approximate surface area is 212 Å². The highest BCUT2D eigenvalue weighted by Crippen LogP contribution is 2.73. The van der Waals surface area contributed by atoms with Gasteiger partial charge in [-0.1, -0.05) is 46.3 Å². The van der Waals surface area contributed by atoms with E-state index in [-0.39, 0.29) is 40.1 Å². The minimum Gasteiger partial charge on any atom is -0.481 e. The van der Waals surface area contributed by atoms with E-state index in [0.29, 0.717) is 12.3 Å². The molecule has 4 aliphatic carbocycles. The van der Waals surface area contributed by atoms with Crippen LogP contribution in [0.1, 0.15) is 106 Å². The summed E-state index contributed by atoms with van der Waals surface area (Å²) in [5.41, 5.74) is -1.03. The third-order valence-electron chi connectivity index (χ3n) is 12.0. The number of hydrogen-bond acceptors (Lipinski definition) is 4. The predicted molar refractivity (Wildman–Crippen MR) is 138 cm³/mol. The number of hydrogen-bond donors (Lipinski definition) is 4. The highest BCUT2D eigenvalue weighted by atomic mass is 16.4. The molecular formula is C30H50O5. The van der Waals surface area contributed by atoms with Gasteiger partial charge in [-0.3, -0.25) is 4.79 Å². The number of aliphatic hydroxyl groups excluding tert-OH is 2. The van der Waals surface area contributed by atoms with Crippen LogP contribution in [0.4, 0.5) is 0 Å². The molecule has 200 valence electrons. The second-order valence-electron chi connectivity index (χ2n) is 14.4. The highest BCUT2D eigenvalue weighted by Gasteiger charge is 2.70. The van der Waals surface area contributed by atoms with Crippen LogP contribution in [-0.4, -0.2) is 44.2 Å². The van der Waals surface area contributed by atoms with Gasteiger partial charge in [0.1, 0.15) is 0 Å². The predicted octanol–water partition coefficient (Wildman–Crippen LogP) is 5.57. The van der Waals surface area contributed by atoms with Crippen molar-refractivity contribution < 1.29 is 25.2 Å². The molecule has 0 radical (unpaired) electrons. The molecule has 0 bridgehead atoms. The van der Waals surface area contributed by atoms with Crippen molar-refractivity contribution in [2.75, 3.05) is 0 Å². The third-order valence-corrected chi connectivity index (χ3v) is 12.0. The fraction of sp³-hybridized carbons (Fsp3) is 0.900. The van der Waals surface area contributed by atoms with Crippen LogP contribution in [0, 0.1) is 45.3 Å². The van der Waals surface area contributed by atoms with Crippen molar-refractivity contribution in [3.63, 3.8) is 0 Å². The molecule has 0 amide bonds. The lowest BCUT2D eigenvalue weighted by atomic mass is 9.40. The SMILES string of the molecule is C[C@H](CC[C@H](O)C(C)(C)O)[C@H]1CC[C@@]2(C(=O)O)[C@@H]3CC[C@@H]4C(C)(C)[C@H](O)CC[C@]4(C)C3=CC[C@]12C. The Hall–Kier alpha value is -0.910. The average molecular weight is 491 g/mol. The van der Waals surface area contributed by atoms with Gasteiger partial charge >= 0.3 is 5.97 Å². The quantitative estimate of drug-likeness (QED) is 0.365. The Morgan fingerprint density at radius 3 is 2.34 bits per heavy atom. The average Bonchev–Trinajstić information content (AvgIpc) is 3.08. The number of rotatable bonds is 6. The Balaban J connectivity index is 1.67. The minimum atomic E-state index is -1.12. The van der Waals surface area contributed by atoms with Gasteiger partial charge in [-0.15, -0.1) is 0 Å². The normalized spacial score (nSPS) is 44.5. The van der Waals surface area contributed by atoms with E-state index in [1.165, 1.54) is 5.57 Å². The van der Waals surface area contributed by atoms with E-state index < -0.39 is 23.1 Å². The number of carboxylic acid groups (broad SMARTS) is 1. The van der Waals surface area contributed by atoms with Crippen LogP contribution in [0.5, 0.6) is 0 Å². The fourth-order valence-electron chi connectivity index (χ4n) is 9.78. The molecule has 0 aromatic carbocycles. The standard InChI is InChI=1S/C30H50O5/c1-18(8-11-24(32)27(4,5)35)19-13-17-30(25(33)34)21-9-10-22-26(2,3)23(31)14-15-28(22,6)20(21)12-16-29(19,30)7/h12,18-19,21-24,31-32,35H,8-11,13-17H2,1-7H3,(H,33,34)/t18-,19-,21-,22-,23-,24+,28-,29-,30+/m1/s1. The summed E-state index contributed by atoms with van der Waals surface area (Å²) in [5.74, 6) is 0.365. The number of carbonyl (C=O) groups is 1. The first kappa shape index (κ1) is 27.1. The fourth-order valence-corrected chi connectivity index (χ4v) is 9.78. The topological polar surface area (TPSA) is 98.0 Å². The molecule has 0 aromatic heterocycles. The maximum Gasteiger partial charge on any atom is 0.310 e. The summed E-state index contributed by atoms with van der Waals surface area (Å²) in [7, 11) is 0. The molecule has 0 saturated heterocycles. The first-order chi connectivity index (χ1) is 16.0. The lowest BCUT2D eigenvalue weighted by molar-refractivity contribution is -0.171. The molecule has 3 saturated carbocycles. The Morgan fingerprint density at radius 2 is 1.74 bits per heavy atom. The first-order valence-corrected chi connectivity index (χ1v) is 14.1. The molecule has 35 heavy (non-hydrogen) atoms. The van der Waals surface area contributed by atoms with Gasteiger partial charge in [0.05, 0.1) is 23.2 Å². The molecule has 0 aromatic rings. The van der Waals surface area contributed by atoms with E-state index in [4.69, 9.17) is 0 Å². The molecule has 0 aliphatic heterocycles. The second-order valence-corrected chi connectivity index (χ2v) is 14.4. The summed E-state index contributed by atoms with van der Waals surface area (Å²) in [4.78, 5) is 13.3. The summed E-state index contributed by atoms with van der Waals surface area (Å²) in [5, 5.41) is 42.3. The molecule has 9 atom stereocenters. The van der Waals surface area contributed by atoms with E-state index in [0.717, 1.165) is 51.4 Å². The van der Waals surface area contributed by atoms with Crippen molar-refractivity contribution in [1.29, 1.82) is 0 Å². The van der Waals surface area contributed by atoms with Crippen molar-refractivity contribution >= 4 is 5.97 Å². The van der Waals surface area contributed by atoms with Gasteiger partial charge in [0.15, 0.2) is 0 Å². The molecule has 3 fully saturated rings. The van der Waals surface area contributed by atoms with E-state index in [1.807, 2.05) is 0 Å². The zero-order valence-corrected chi connectivity index (χ0v) is 23.1. The molecule has 4 rings (SSSR count). The van der Waals surface area contributed by atoms with Gasteiger partial charge < -0.3 is 20.4 Å². The second kappa shape index (κ2) is 8.56. The van der Waals surface area contributed by atoms with Gasteiger partial charge in [0.25, 0.3) is 0 Å². The molecule has 0 spiro atoms. The zero-order valence-electron chi connectivity index (χ0n) is 23.1. The van der Waals surface area contributed by atoms with E-state index in [1.54, 1.807) is 13.8 Å². The number of carboxylic acids is 1. The summed E-state index contributed by atoms with van der Waals surface area (Å²) in [6.45, 7) is 14.5. The van der Waals surface area contributed by atoms with Crippen molar-refractivity contribution in [2.45, 2.75) is 124 Å². The van der Waals surface area contributed by atoms with Crippen LogP contribution in [0.2, 0.25) is 0 Å². The van der Waals surface area contributed by atoms with Crippen LogP contribution in [0.3, 0.4) is 0 Å². The van der Waals surface area contributed by atoms with Crippen LogP contribution in [0.15, 0.2) is 11.6 Å². The van der Waals surface area contributed by atoms with Crippen molar-refractivity contribution in [2.24, 2.45) is 45.3 Å². The van der Waals surface area contributed by atoms with Gasteiger partial charge in [-0.05, 0) is 112 Å². The summed E-state index contributed by atoms with van der Waals surface area (Å²) in [6, 6.07) is 0. The molecule has 4 N–H and O–H groups in total. The molecule has 5 nitrogen and oxygen atoms in total. The highest BCUT2D eigenvalue weighted by molar-refractivity contribution is 5.78. The molecule has 0 heterocycles. The first-order valence-electron chi connectivity index (χ1n) is 14.1. The van der Waals surface area contributed by atoms with Crippen molar-refractivity contribution in [3.8, 4) is 0 Å².